The number of nitroso groups, excluding NO2 is 2. The fraction of sp³-hybridized carbons (Fsp3) is 0.700. The standard InChI is InChI=1S/C10H13N3O8/c14-7(11-18)1-4-10(13(20)21,6-3-9(16)17)5-2-8(15)12-19/h1-6H2,(H,16,17). The van der Waals surface area contributed by atoms with Crippen LogP contribution in [0.3, 0.4) is 0 Å². The molecule has 0 atom stereocenters. The van der Waals surface area contributed by atoms with E-state index in [1.54, 1.807) is 0 Å². The molecule has 11 heteroatoms. The maximum atomic E-state index is 11.2. The van der Waals surface area contributed by atoms with Gasteiger partial charge < -0.3 is 5.11 Å². The van der Waals surface area contributed by atoms with Crippen LogP contribution in [-0.2, 0) is 14.4 Å². The highest BCUT2D eigenvalue weighted by atomic mass is 16.6. The van der Waals surface area contributed by atoms with Crippen LogP contribution in [0.4, 0.5) is 0 Å². The number of amides is 2. The number of aliphatic carboxylic acids is 1. The lowest BCUT2D eigenvalue weighted by molar-refractivity contribution is -0.573. The van der Waals surface area contributed by atoms with Crippen LogP contribution in [0.25, 0.3) is 0 Å². The Bertz CT molecular complexity index is 437. The second-order valence-electron chi connectivity index (χ2n) is 4.35. The van der Waals surface area contributed by atoms with E-state index in [9.17, 15) is 34.3 Å². The third-order valence-corrected chi connectivity index (χ3v) is 3.00. The molecule has 0 aliphatic heterocycles. The Morgan fingerprint density at radius 3 is 1.62 bits per heavy atom. The summed E-state index contributed by atoms with van der Waals surface area (Å²) in [6.07, 6.45) is -3.02. The molecule has 0 bridgehead atoms. The molecule has 1 N–H and O–H groups in total. The summed E-state index contributed by atoms with van der Waals surface area (Å²) in [7, 11) is 0. The van der Waals surface area contributed by atoms with Crippen molar-refractivity contribution in [1.29, 1.82) is 0 Å². The minimum atomic E-state index is -1.90. The smallest absolute Gasteiger partial charge is 0.303 e. The van der Waals surface area contributed by atoms with Crippen LogP contribution in [0.5, 0.6) is 0 Å². The SMILES string of the molecule is O=NC(=O)CCC(CCC(=O)O)(CCC(=O)N=O)[N+](=O)[O-]. The highest BCUT2D eigenvalue weighted by Gasteiger charge is 2.43. The van der Waals surface area contributed by atoms with Crippen molar-refractivity contribution in [3.63, 3.8) is 0 Å². The fourth-order valence-electron chi connectivity index (χ4n) is 1.76. The van der Waals surface area contributed by atoms with E-state index >= 15 is 0 Å². The molecule has 0 aliphatic rings. The molecule has 0 heterocycles. The van der Waals surface area contributed by atoms with E-state index in [0.717, 1.165) is 0 Å². The summed E-state index contributed by atoms with van der Waals surface area (Å²) in [6, 6.07) is 0. The maximum Gasteiger partial charge on any atom is 0.303 e. The molecule has 0 radical (unpaired) electrons. The predicted molar refractivity (Wildman–Crippen MR) is 66.7 cm³/mol. The lowest BCUT2D eigenvalue weighted by Crippen LogP contribution is -2.40. The Morgan fingerprint density at radius 1 is 0.952 bits per heavy atom. The number of carboxylic acids is 1. The number of rotatable bonds is 10. The van der Waals surface area contributed by atoms with E-state index in [1.165, 1.54) is 0 Å². The first-order chi connectivity index (χ1) is 9.77. The summed E-state index contributed by atoms with van der Waals surface area (Å²) in [5, 5.41) is 24.0. The second-order valence-corrected chi connectivity index (χ2v) is 4.35. The lowest BCUT2D eigenvalue weighted by atomic mass is 9.84. The van der Waals surface area contributed by atoms with Gasteiger partial charge in [0.15, 0.2) is 0 Å². The van der Waals surface area contributed by atoms with Crippen molar-refractivity contribution in [1.82, 2.24) is 0 Å². The van der Waals surface area contributed by atoms with Gasteiger partial charge >= 0.3 is 5.97 Å². The van der Waals surface area contributed by atoms with E-state index in [2.05, 4.69) is 10.4 Å². The largest absolute Gasteiger partial charge is 0.481 e. The normalized spacial score (nSPS) is 10.7. The molecule has 0 saturated carbocycles. The minimum absolute atomic E-state index is 0.451. The quantitative estimate of drug-likeness (QED) is 0.353. The number of carbonyl (C=O) groups is 3. The van der Waals surface area contributed by atoms with Gasteiger partial charge in [0.2, 0.25) is 5.54 Å². The molecule has 11 nitrogen and oxygen atoms in total. The van der Waals surface area contributed by atoms with E-state index in [1.807, 2.05) is 0 Å². The average Bonchev–Trinajstić information content (AvgIpc) is 2.45. The molecule has 0 aromatic carbocycles. The lowest BCUT2D eigenvalue weighted by Gasteiger charge is -2.23. The molecule has 116 valence electrons. The predicted octanol–water partition coefficient (Wildman–Crippen LogP) is 1.01. The average molecular weight is 303 g/mol. The molecule has 21 heavy (non-hydrogen) atoms. The molecule has 0 fully saturated rings. The third-order valence-electron chi connectivity index (χ3n) is 3.00. The zero-order valence-electron chi connectivity index (χ0n) is 10.9. The number of hydrogen-bond donors (Lipinski definition) is 1. The molecule has 0 spiro atoms. The van der Waals surface area contributed by atoms with Gasteiger partial charge in [-0.2, -0.15) is 0 Å². The Hall–Kier alpha value is -2.59. The summed E-state index contributed by atoms with van der Waals surface area (Å²) in [6.45, 7) is 0. The third kappa shape index (κ3) is 6.40. The molecule has 0 rings (SSSR count). The van der Waals surface area contributed by atoms with E-state index in [-0.39, 0.29) is 0 Å². The van der Waals surface area contributed by atoms with Gasteiger partial charge in [0.1, 0.15) is 0 Å². The summed E-state index contributed by atoms with van der Waals surface area (Å²) in [5.74, 6) is -3.52. The van der Waals surface area contributed by atoms with Gasteiger partial charge in [0, 0.05) is 47.4 Å². The van der Waals surface area contributed by atoms with Crippen LogP contribution in [-0.4, -0.2) is 33.4 Å². The molecule has 0 aromatic rings. The summed E-state index contributed by atoms with van der Waals surface area (Å²) in [5.41, 5.74) is -1.90. The topological polar surface area (TPSA) is 173 Å². The van der Waals surface area contributed by atoms with Crippen molar-refractivity contribution < 1.29 is 24.4 Å². The van der Waals surface area contributed by atoms with Crippen molar-refractivity contribution >= 4 is 17.8 Å². The van der Waals surface area contributed by atoms with E-state index in [0.29, 0.717) is 0 Å². The molecule has 0 aliphatic carbocycles. The van der Waals surface area contributed by atoms with Gasteiger partial charge in [-0.25, -0.2) is 0 Å². The van der Waals surface area contributed by atoms with Gasteiger partial charge in [-0.15, -0.1) is 9.81 Å². The highest BCUT2D eigenvalue weighted by molar-refractivity contribution is 5.77. The summed E-state index contributed by atoms with van der Waals surface area (Å²) in [4.78, 5) is 62.7. The first-order valence-electron chi connectivity index (χ1n) is 5.86. The number of carboxylic acid groups (broad SMARTS) is 1. The Morgan fingerprint density at radius 2 is 1.33 bits per heavy atom. The van der Waals surface area contributed by atoms with Crippen molar-refractivity contribution in [3.8, 4) is 0 Å². The van der Waals surface area contributed by atoms with Gasteiger partial charge in [0.25, 0.3) is 11.8 Å². The van der Waals surface area contributed by atoms with Gasteiger partial charge in [-0.1, -0.05) is 0 Å². The summed E-state index contributed by atoms with van der Waals surface area (Å²) >= 11 is 0. The van der Waals surface area contributed by atoms with E-state index < -0.39 is 66.8 Å². The summed E-state index contributed by atoms with van der Waals surface area (Å²) < 4.78 is 0. The van der Waals surface area contributed by atoms with Crippen LogP contribution in [0.2, 0.25) is 0 Å². The molecule has 0 aromatic heterocycles. The maximum absolute atomic E-state index is 11.2. The van der Waals surface area contributed by atoms with Crippen LogP contribution in [0.1, 0.15) is 38.5 Å². The zero-order valence-corrected chi connectivity index (χ0v) is 10.9. The monoisotopic (exact) mass is 303 g/mol. The fourth-order valence-corrected chi connectivity index (χ4v) is 1.76. The minimum Gasteiger partial charge on any atom is -0.481 e. The van der Waals surface area contributed by atoms with Crippen molar-refractivity contribution in [2.45, 2.75) is 44.1 Å². The molecule has 0 unspecified atom stereocenters. The first-order valence-corrected chi connectivity index (χ1v) is 5.86. The zero-order chi connectivity index (χ0) is 16.5. The van der Waals surface area contributed by atoms with Crippen LogP contribution in [0.15, 0.2) is 10.4 Å². The number of hydrogen-bond acceptors (Lipinski definition) is 7. The second kappa shape index (κ2) is 8.55. The van der Waals surface area contributed by atoms with Crippen LogP contribution >= 0.6 is 0 Å². The molecule has 2 amide bonds. The molecular weight excluding hydrogens is 290 g/mol. The molecular formula is C10H13N3O8. The Balaban J connectivity index is 5.11. The first kappa shape index (κ1) is 18.4. The van der Waals surface area contributed by atoms with Crippen molar-refractivity contribution in [2.75, 3.05) is 0 Å². The number of carbonyl (C=O) groups excluding carboxylic acids is 2. The van der Waals surface area contributed by atoms with Crippen LogP contribution < -0.4 is 0 Å². The Kier molecular flexibility index (Phi) is 7.50. The van der Waals surface area contributed by atoms with Gasteiger partial charge in [-0.3, -0.25) is 24.5 Å². The van der Waals surface area contributed by atoms with Crippen LogP contribution in [0, 0.1) is 19.9 Å². The number of nitrogens with zero attached hydrogens (tertiary/aromatic N) is 3. The van der Waals surface area contributed by atoms with Crippen molar-refractivity contribution in [2.24, 2.45) is 10.4 Å². The van der Waals surface area contributed by atoms with E-state index in [4.69, 9.17) is 5.11 Å². The van der Waals surface area contributed by atoms with Gasteiger partial charge in [0.05, 0.1) is 6.42 Å². The highest BCUT2D eigenvalue weighted by Crippen LogP contribution is 2.29. The van der Waals surface area contributed by atoms with Gasteiger partial charge in [-0.05, 0) is 0 Å². The number of nitro groups is 1. The Labute approximate surface area is 117 Å². The molecule has 0 saturated heterocycles. The van der Waals surface area contributed by atoms with Crippen molar-refractivity contribution in [3.05, 3.63) is 19.9 Å².